The zero-order valence-electron chi connectivity index (χ0n) is 8.68. The molecule has 2 atom stereocenters. The average molecular weight is 322 g/mol. The van der Waals surface area contributed by atoms with E-state index in [1.807, 2.05) is 12.3 Å². The molecule has 0 fully saturated rings. The molecule has 2 heterocycles. The average Bonchev–Trinajstić information content (AvgIpc) is 2.73. The molecule has 1 aromatic rings. The fraction of sp³-hybridized carbons (Fsp3) is 0.400. The molecule has 0 aliphatic carbocycles. The molecular weight excluding hydrogens is 310 g/mol. The molecule has 6 heteroatoms. The Bertz CT molecular complexity index is 507. The summed E-state index contributed by atoms with van der Waals surface area (Å²) in [4.78, 5) is 1.20. The smallest absolute Gasteiger partial charge is 0.173 e. The monoisotopic (exact) mass is 321 g/mol. The minimum Gasteiger partial charge on any atom is -0.302 e. The van der Waals surface area contributed by atoms with Crippen molar-refractivity contribution >= 4 is 37.1 Å². The topological polar surface area (TPSA) is 46.2 Å². The highest BCUT2D eigenvalue weighted by Gasteiger charge is 2.23. The molecule has 0 amide bonds. The molecule has 0 spiro atoms. The van der Waals surface area contributed by atoms with E-state index in [2.05, 4.69) is 27.3 Å². The lowest BCUT2D eigenvalue weighted by atomic mass is 10.2. The summed E-state index contributed by atoms with van der Waals surface area (Å²) in [6.07, 6.45) is 1.72. The summed E-state index contributed by atoms with van der Waals surface area (Å²) in [5.74, 6) is 0.171. The highest BCUT2D eigenvalue weighted by molar-refractivity contribution is 9.10. The predicted octanol–water partition coefficient (Wildman–Crippen LogP) is 2.47. The van der Waals surface area contributed by atoms with E-state index < -0.39 is 9.84 Å². The molecule has 3 nitrogen and oxygen atoms in total. The van der Waals surface area contributed by atoms with Gasteiger partial charge in [-0.15, -0.1) is 11.3 Å². The molecule has 0 bridgehead atoms. The maximum Gasteiger partial charge on any atom is 0.173 e. The molecule has 1 N–H and O–H groups in total. The van der Waals surface area contributed by atoms with Crippen LogP contribution in [0.4, 0.5) is 0 Å². The number of rotatable bonds is 3. The lowest BCUT2D eigenvalue weighted by molar-refractivity contribution is 0.541. The third kappa shape index (κ3) is 2.94. The van der Waals surface area contributed by atoms with E-state index in [1.165, 1.54) is 10.3 Å². The summed E-state index contributed by atoms with van der Waals surface area (Å²) in [6, 6.07) is 2.15. The minimum absolute atomic E-state index is 0.0686. The number of nitrogens with one attached hydrogen (secondary N) is 1. The highest BCUT2D eigenvalue weighted by atomic mass is 79.9. The van der Waals surface area contributed by atoms with Gasteiger partial charge in [0.05, 0.1) is 5.75 Å². The second-order valence-electron chi connectivity index (χ2n) is 3.82. The normalized spacial score (nSPS) is 24.8. The van der Waals surface area contributed by atoms with Gasteiger partial charge in [-0.3, -0.25) is 0 Å². The van der Waals surface area contributed by atoms with E-state index in [4.69, 9.17) is 0 Å². The van der Waals surface area contributed by atoms with Crippen LogP contribution < -0.4 is 5.32 Å². The fourth-order valence-corrected chi connectivity index (χ4v) is 4.35. The molecule has 2 unspecified atom stereocenters. The Morgan fingerprint density at radius 2 is 2.38 bits per heavy atom. The van der Waals surface area contributed by atoms with Gasteiger partial charge in [-0.2, -0.15) is 0 Å². The summed E-state index contributed by atoms with van der Waals surface area (Å²) < 4.78 is 23.5. The van der Waals surface area contributed by atoms with Gasteiger partial charge in [-0.25, -0.2) is 8.42 Å². The molecule has 2 rings (SSSR count). The van der Waals surface area contributed by atoms with Crippen molar-refractivity contribution in [3.05, 3.63) is 32.3 Å². The first-order valence-corrected chi connectivity index (χ1v) is 8.26. The van der Waals surface area contributed by atoms with E-state index in [0.717, 1.165) is 4.47 Å². The molecule has 0 saturated carbocycles. The quantitative estimate of drug-likeness (QED) is 0.930. The summed E-state index contributed by atoms with van der Waals surface area (Å²) in [5.41, 5.74) is 0. The van der Waals surface area contributed by atoms with Gasteiger partial charge in [0.2, 0.25) is 0 Å². The first-order valence-electron chi connectivity index (χ1n) is 4.87. The zero-order valence-corrected chi connectivity index (χ0v) is 11.9. The number of thiophene rings is 1. The second kappa shape index (κ2) is 4.60. The lowest BCUT2D eigenvalue weighted by Crippen LogP contribution is -2.31. The Balaban J connectivity index is 1.99. The molecule has 1 aliphatic heterocycles. The molecule has 0 radical (unpaired) electrons. The van der Waals surface area contributed by atoms with Crippen LogP contribution in [-0.2, 0) is 9.84 Å². The van der Waals surface area contributed by atoms with Crippen molar-refractivity contribution in [2.24, 2.45) is 0 Å². The van der Waals surface area contributed by atoms with Gasteiger partial charge in [0, 0.05) is 32.2 Å². The van der Waals surface area contributed by atoms with Crippen LogP contribution in [0.3, 0.4) is 0 Å². The highest BCUT2D eigenvalue weighted by Crippen LogP contribution is 2.26. The van der Waals surface area contributed by atoms with Crippen molar-refractivity contribution in [2.45, 2.75) is 19.0 Å². The summed E-state index contributed by atoms with van der Waals surface area (Å²) >= 11 is 5.06. The number of hydrogen-bond donors (Lipinski definition) is 1. The Kier molecular flexibility index (Phi) is 3.53. The molecule has 1 aliphatic rings. The van der Waals surface area contributed by atoms with Crippen LogP contribution in [-0.4, -0.2) is 20.2 Å². The van der Waals surface area contributed by atoms with Crippen molar-refractivity contribution in [1.82, 2.24) is 5.32 Å². The van der Waals surface area contributed by atoms with E-state index in [1.54, 1.807) is 17.4 Å². The molecule has 0 saturated heterocycles. The Morgan fingerprint density at radius 3 is 2.88 bits per heavy atom. The minimum atomic E-state index is -2.97. The predicted molar refractivity (Wildman–Crippen MR) is 70.3 cm³/mol. The van der Waals surface area contributed by atoms with Crippen LogP contribution in [0.1, 0.15) is 17.8 Å². The molecular formula is C10H12BrNO2S2. The third-order valence-electron chi connectivity index (χ3n) is 2.41. The van der Waals surface area contributed by atoms with Gasteiger partial charge in [0.1, 0.15) is 0 Å². The fourth-order valence-electron chi connectivity index (χ4n) is 1.64. The van der Waals surface area contributed by atoms with Crippen LogP contribution in [0.25, 0.3) is 0 Å². The van der Waals surface area contributed by atoms with E-state index in [9.17, 15) is 8.42 Å². The first-order chi connectivity index (χ1) is 7.46. The van der Waals surface area contributed by atoms with E-state index in [-0.39, 0.29) is 17.8 Å². The maximum absolute atomic E-state index is 11.2. The van der Waals surface area contributed by atoms with Crippen molar-refractivity contribution in [3.63, 3.8) is 0 Å². The molecule has 88 valence electrons. The van der Waals surface area contributed by atoms with Crippen LogP contribution in [0.2, 0.25) is 0 Å². The largest absolute Gasteiger partial charge is 0.302 e. The zero-order chi connectivity index (χ0) is 11.8. The van der Waals surface area contributed by atoms with Crippen LogP contribution in [0.15, 0.2) is 27.4 Å². The van der Waals surface area contributed by atoms with E-state index >= 15 is 0 Å². The van der Waals surface area contributed by atoms with Gasteiger partial charge >= 0.3 is 0 Å². The van der Waals surface area contributed by atoms with Gasteiger partial charge in [-0.05, 0) is 28.9 Å². The van der Waals surface area contributed by atoms with Crippen molar-refractivity contribution in [2.75, 3.05) is 5.75 Å². The van der Waals surface area contributed by atoms with Crippen LogP contribution in [0, 0.1) is 0 Å². The van der Waals surface area contributed by atoms with Gasteiger partial charge in [0.15, 0.2) is 9.84 Å². The Hall–Kier alpha value is -0.170. The SMILES string of the molecule is CC(NC1C=CS(=O)(=O)C1)c1cc(Br)cs1. The van der Waals surface area contributed by atoms with Crippen molar-refractivity contribution in [1.29, 1.82) is 0 Å². The molecule has 1 aromatic heterocycles. The Morgan fingerprint density at radius 1 is 1.62 bits per heavy atom. The maximum atomic E-state index is 11.2. The van der Waals surface area contributed by atoms with Crippen LogP contribution in [0.5, 0.6) is 0 Å². The number of halogens is 1. The third-order valence-corrected chi connectivity index (χ3v) is 5.68. The number of sulfone groups is 1. The summed E-state index contributed by atoms with van der Waals surface area (Å²) in [7, 11) is -2.97. The summed E-state index contributed by atoms with van der Waals surface area (Å²) in [6.45, 7) is 2.04. The lowest BCUT2D eigenvalue weighted by Gasteiger charge is -2.16. The number of hydrogen-bond acceptors (Lipinski definition) is 4. The molecule has 16 heavy (non-hydrogen) atoms. The van der Waals surface area contributed by atoms with Crippen molar-refractivity contribution in [3.8, 4) is 0 Å². The van der Waals surface area contributed by atoms with Gasteiger partial charge in [-0.1, -0.05) is 6.08 Å². The van der Waals surface area contributed by atoms with Gasteiger partial charge in [0.25, 0.3) is 0 Å². The second-order valence-corrected chi connectivity index (χ2v) is 7.61. The summed E-state index contributed by atoms with van der Waals surface area (Å²) in [5, 5.41) is 6.60. The Labute approximate surface area is 108 Å². The first kappa shape index (κ1) is 12.3. The molecule has 0 aromatic carbocycles. The van der Waals surface area contributed by atoms with E-state index in [0.29, 0.717) is 0 Å². The van der Waals surface area contributed by atoms with Gasteiger partial charge < -0.3 is 5.32 Å². The van der Waals surface area contributed by atoms with Crippen LogP contribution >= 0.6 is 27.3 Å². The van der Waals surface area contributed by atoms with Crippen molar-refractivity contribution < 1.29 is 8.42 Å². The standard InChI is InChI=1S/C10H12BrNO2S2/c1-7(10-4-8(11)5-15-10)12-9-2-3-16(13,14)6-9/h2-5,7,9,12H,6H2,1H3.